The van der Waals surface area contributed by atoms with Gasteiger partial charge in [0, 0.05) is 23.9 Å². The van der Waals surface area contributed by atoms with E-state index >= 15 is 0 Å². The third-order valence-electron chi connectivity index (χ3n) is 3.56. The minimum absolute atomic E-state index is 0.158. The molecule has 0 spiro atoms. The van der Waals surface area contributed by atoms with Crippen molar-refractivity contribution in [2.75, 3.05) is 25.3 Å². The van der Waals surface area contributed by atoms with Crippen LogP contribution in [0.1, 0.15) is 0 Å². The predicted molar refractivity (Wildman–Crippen MR) is 111 cm³/mol. The van der Waals surface area contributed by atoms with E-state index in [9.17, 15) is 9.18 Å². The van der Waals surface area contributed by atoms with E-state index in [2.05, 4.69) is 10.4 Å². The summed E-state index contributed by atoms with van der Waals surface area (Å²) in [6.07, 6.45) is 0. The summed E-state index contributed by atoms with van der Waals surface area (Å²) in [5, 5.41) is 7.20. The zero-order valence-corrected chi connectivity index (χ0v) is 17.4. The molecule has 0 saturated heterocycles. The van der Waals surface area contributed by atoms with Crippen LogP contribution < -0.4 is 14.8 Å². The summed E-state index contributed by atoms with van der Waals surface area (Å²) in [5.41, 5.74) is 1.24. The van der Waals surface area contributed by atoms with Crippen LogP contribution in [0.2, 0.25) is 0 Å². The molecule has 28 heavy (non-hydrogen) atoms. The maximum atomic E-state index is 13.1. The molecule has 6 nitrogen and oxygen atoms in total. The van der Waals surface area contributed by atoms with E-state index in [4.69, 9.17) is 21.7 Å². The van der Waals surface area contributed by atoms with Crippen LogP contribution in [0, 0.1) is 9.77 Å². The monoisotopic (exact) mass is 437 g/mol. The Balaban J connectivity index is 1.64. The van der Waals surface area contributed by atoms with E-state index in [0.717, 1.165) is 0 Å². The van der Waals surface area contributed by atoms with Crippen LogP contribution in [0.15, 0.2) is 46.8 Å². The lowest BCUT2D eigenvalue weighted by molar-refractivity contribution is -0.113. The van der Waals surface area contributed by atoms with Gasteiger partial charge < -0.3 is 14.8 Å². The Morgan fingerprint density at radius 2 is 1.86 bits per heavy atom. The lowest BCUT2D eigenvalue weighted by atomic mass is 10.2. The number of methoxy groups -OCH3 is 2. The molecule has 3 aromatic rings. The number of benzene rings is 2. The zero-order valence-electron chi connectivity index (χ0n) is 15.0. The number of amides is 1. The van der Waals surface area contributed by atoms with E-state index in [1.807, 2.05) is 0 Å². The molecule has 0 bridgehead atoms. The van der Waals surface area contributed by atoms with Crippen molar-refractivity contribution in [2.24, 2.45) is 0 Å². The van der Waals surface area contributed by atoms with Crippen LogP contribution >= 0.6 is 35.3 Å². The summed E-state index contributed by atoms with van der Waals surface area (Å²) in [6.45, 7) is 0. The van der Waals surface area contributed by atoms with Gasteiger partial charge in [-0.2, -0.15) is 0 Å². The molecule has 0 atom stereocenters. The highest BCUT2D eigenvalue weighted by molar-refractivity contribution is 8.01. The molecule has 146 valence electrons. The van der Waals surface area contributed by atoms with E-state index in [-0.39, 0.29) is 17.5 Å². The molecule has 0 radical (unpaired) electrons. The number of rotatable bonds is 7. The van der Waals surface area contributed by atoms with Gasteiger partial charge in [-0.25, -0.2) is 9.07 Å². The van der Waals surface area contributed by atoms with Crippen molar-refractivity contribution >= 4 is 46.9 Å². The van der Waals surface area contributed by atoms with Gasteiger partial charge in [0.05, 0.1) is 25.7 Å². The highest BCUT2D eigenvalue weighted by atomic mass is 32.2. The first-order chi connectivity index (χ1) is 13.5. The maximum absolute atomic E-state index is 13.1. The first-order valence-electron chi connectivity index (χ1n) is 8.00. The number of carbonyl (C=O) groups is 1. The van der Waals surface area contributed by atoms with Gasteiger partial charge in [0.25, 0.3) is 0 Å². The predicted octanol–water partition coefficient (Wildman–Crippen LogP) is 4.55. The van der Waals surface area contributed by atoms with Crippen LogP contribution in [0.5, 0.6) is 11.5 Å². The highest BCUT2D eigenvalue weighted by Gasteiger charge is 2.11. The Bertz CT molecular complexity index is 1010. The number of carbonyl (C=O) groups excluding carboxylic acids is 1. The van der Waals surface area contributed by atoms with E-state index < -0.39 is 0 Å². The molecule has 1 N–H and O–H groups in total. The maximum Gasteiger partial charge on any atom is 0.234 e. The number of thioether (sulfide) groups is 1. The minimum atomic E-state index is -0.328. The fraction of sp³-hybridized carbons (Fsp3) is 0.167. The van der Waals surface area contributed by atoms with Crippen LogP contribution in [-0.4, -0.2) is 35.7 Å². The van der Waals surface area contributed by atoms with Crippen molar-refractivity contribution in [2.45, 2.75) is 4.34 Å². The molecule has 1 heterocycles. The van der Waals surface area contributed by atoms with Crippen LogP contribution in [0.25, 0.3) is 5.69 Å². The lowest BCUT2D eigenvalue weighted by Gasteiger charge is -2.09. The number of halogens is 1. The van der Waals surface area contributed by atoms with Crippen molar-refractivity contribution in [1.82, 2.24) is 9.78 Å². The third kappa shape index (κ3) is 5.09. The average Bonchev–Trinajstić information content (AvgIpc) is 3.07. The summed E-state index contributed by atoms with van der Waals surface area (Å²) in [7, 11) is 3.09. The van der Waals surface area contributed by atoms with Crippen LogP contribution in [-0.2, 0) is 4.79 Å². The standard InChI is InChI=1S/C18H16FN3O3S3/c1-24-14-7-12(8-15(9-14)25-2)20-16(23)10-27-17-21-22(18(26)28-17)13-5-3-11(19)4-6-13/h3-9H,10H2,1-2H3,(H,20,23). The number of hydrogen-bond donors (Lipinski definition) is 1. The Labute approximate surface area is 174 Å². The second kappa shape index (κ2) is 9.18. The Hall–Kier alpha value is -2.43. The minimum Gasteiger partial charge on any atom is -0.497 e. The summed E-state index contributed by atoms with van der Waals surface area (Å²) in [5.74, 6) is 0.794. The van der Waals surface area contributed by atoms with Gasteiger partial charge in [-0.1, -0.05) is 23.1 Å². The summed E-state index contributed by atoms with van der Waals surface area (Å²) in [6, 6.07) is 11.0. The van der Waals surface area contributed by atoms with E-state index in [1.165, 1.54) is 35.2 Å². The van der Waals surface area contributed by atoms with E-state index in [0.29, 0.717) is 31.2 Å². The summed E-state index contributed by atoms with van der Waals surface area (Å²) >= 11 is 7.87. The van der Waals surface area contributed by atoms with Gasteiger partial charge in [0.2, 0.25) is 5.91 Å². The second-order valence-electron chi connectivity index (χ2n) is 5.46. The molecule has 0 unspecified atom stereocenters. The molecule has 0 aliphatic heterocycles. The van der Waals surface area contributed by atoms with Gasteiger partial charge in [0.15, 0.2) is 8.29 Å². The highest BCUT2D eigenvalue weighted by Crippen LogP contribution is 2.27. The zero-order chi connectivity index (χ0) is 20.1. The smallest absolute Gasteiger partial charge is 0.234 e. The van der Waals surface area contributed by atoms with Crippen molar-refractivity contribution < 1.29 is 18.7 Å². The Morgan fingerprint density at radius 3 is 2.46 bits per heavy atom. The van der Waals surface area contributed by atoms with Gasteiger partial charge in [-0.15, -0.1) is 5.10 Å². The number of aromatic nitrogens is 2. The van der Waals surface area contributed by atoms with Crippen molar-refractivity contribution in [3.63, 3.8) is 0 Å². The molecule has 0 saturated carbocycles. The molecule has 10 heteroatoms. The molecular weight excluding hydrogens is 421 g/mol. The largest absolute Gasteiger partial charge is 0.497 e. The number of ether oxygens (including phenoxy) is 2. The average molecular weight is 438 g/mol. The van der Waals surface area contributed by atoms with Gasteiger partial charge >= 0.3 is 0 Å². The topological polar surface area (TPSA) is 65.4 Å². The summed E-state index contributed by atoms with van der Waals surface area (Å²) < 4.78 is 26.2. The number of anilines is 1. The molecule has 0 fully saturated rings. The van der Waals surface area contributed by atoms with Gasteiger partial charge in [-0.3, -0.25) is 4.79 Å². The lowest BCUT2D eigenvalue weighted by Crippen LogP contribution is -2.14. The van der Waals surface area contributed by atoms with Crippen molar-refractivity contribution in [3.05, 3.63) is 52.2 Å². The number of nitrogens with one attached hydrogen (secondary N) is 1. The van der Waals surface area contributed by atoms with Crippen molar-refractivity contribution in [3.8, 4) is 17.2 Å². The summed E-state index contributed by atoms with van der Waals surface area (Å²) in [4.78, 5) is 12.3. The number of hydrogen-bond acceptors (Lipinski definition) is 7. The Kier molecular flexibility index (Phi) is 6.65. The van der Waals surface area contributed by atoms with Crippen molar-refractivity contribution in [1.29, 1.82) is 0 Å². The fourth-order valence-electron chi connectivity index (χ4n) is 2.27. The molecule has 0 aliphatic rings. The fourth-order valence-corrected chi connectivity index (χ4v) is 4.43. The molecule has 0 aliphatic carbocycles. The molecule has 1 aromatic heterocycles. The van der Waals surface area contributed by atoms with Gasteiger partial charge in [0.1, 0.15) is 17.3 Å². The van der Waals surface area contributed by atoms with Gasteiger partial charge in [-0.05, 0) is 36.5 Å². The first-order valence-corrected chi connectivity index (χ1v) is 10.2. The normalized spacial score (nSPS) is 10.5. The molecule has 3 rings (SSSR count). The quantitative estimate of drug-likeness (QED) is 0.432. The number of nitrogens with zero attached hydrogens (tertiary/aromatic N) is 2. The molecule has 2 aromatic carbocycles. The van der Waals surface area contributed by atoms with Crippen LogP contribution in [0.3, 0.4) is 0 Å². The SMILES string of the molecule is COc1cc(NC(=O)CSc2nn(-c3ccc(F)cc3)c(=S)s2)cc(OC)c1. The Morgan fingerprint density at radius 1 is 1.21 bits per heavy atom. The second-order valence-corrected chi connectivity index (χ2v) is 8.31. The molecular formula is C18H16FN3O3S3. The first kappa shape index (κ1) is 20.3. The third-order valence-corrected chi connectivity index (χ3v) is 5.93. The van der Waals surface area contributed by atoms with E-state index in [1.54, 1.807) is 49.2 Å². The molecule has 1 amide bonds. The van der Waals surface area contributed by atoms with Crippen LogP contribution in [0.4, 0.5) is 10.1 Å².